The summed E-state index contributed by atoms with van der Waals surface area (Å²) in [6.45, 7) is 5.46. The molecule has 2 unspecified atom stereocenters. The lowest BCUT2D eigenvalue weighted by atomic mass is 10.0. The number of hydrogen-bond donors (Lipinski definition) is 2. The molecule has 0 aliphatic rings. The molecule has 0 spiro atoms. The zero-order chi connectivity index (χ0) is 26.3. The van der Waals surface area contributed by atoms with Gasteiger partial charge in [-0.3, -0.25) is 19.6 Å². The number of carbonyl (C=O) groups is 2. The van der Waals surface area contributed by atoms with Crippen LogP contribution in [0.1, 0.15) is 67.0 Å². The normalized spacial score (nSPS) is 12.8. The van der Waals surface area contributed by atoms with Crippen molar-refractivity contribution in [2.24, 2.45) is 5.92 Å². The minimum Gasteiger partial charge on any atom is -0.481 e. The molecule has 0 saturated carbocycles. The molecule has 0 bridgehead atoms. The van der Waals surface area contributed by atoms with Crippen LogP contribution in [-0.4, -0.2) is 27.0 Å². The third-order valence-corrected chi connectivity index (χ3v) is 5.61. The van der Waals surface area contributed by atoms with Crippen LogP contribution in [0.2, 0.25) is 0 Å². The Kier molecular flexibility index (Phi) is 12.0. The predicted molar refractivity (Wildman–Crippen MR) is 139 cm³/mol. The summed E-state index contributed by atoms with van der Waals surface area (Å²) in [5.41, 5.74) is 2.72. The molecule has 0 saturated heterocycles. The standard InChI is InChI=1S/C29H34FN3O3/c1-4-5-6-7-12-26-27(13-8-10-21(2)29(35)36)32-20-18-24(11-9-19-31-26)28(34)33-22(3)23-14-16-25(30)17-15-23/h4-7,9,11,14-22H,8,10,12-13H2,1-3H3,(H,33,34)(H,35,36)/b5-4-,7-6-,11-9?,19-9?,20-18?,24-11?,24-18?,27-26?,31-19?,31-26?,32-20?,32-27?. The molecule has 6 nitrogen and oxygen atoms in total. The quantitative estimate of drug-likeness (QED) is 0.379. The van der Waals surface area contributed by atoms with Gasteiger partial charge in [-0.1, -0.05) is 43.4 Å². The molecular weight excluding hydrogens is 457 g/mol. The SMILES string of the molecule is C/C=C\C=C/Cc1ncccc(C(=O)NC(C)c2ccc(F)cc2)ccnc1CCCC(C)C(=O)O. The highest BCUT2D eigenvalue weighted by atomic mass is 19.1. The van der Waals surface area contributed by atoms with Gasteiger partial charge < -0.3 is 10.4 Å². The number of nitrogens with one attached hydrogen (secondary N) is 1. The van der Waals surface area contributed by atoms with E-state index in [-0.39, 0.29) is 17.8 Å². The Balaban J connectivity index is 2.29. The summed E-state index contributed by atoms with van der Waals surface area (Å²) in [7, 11) is 0. The molecule has 1 amide bonds. The highest BCUT2D eigenvalue weighted by Gasteiger charge is 2.12. The van der Waals surface area contributed by atoms with Crippen LogP contribution in [0, 0.1) is 11.7 Å². The van der Waals surface area contributed by atoms with Crippen molar-refractivity contribution in [3.63, 3.8) is 0 Å². The third-order valence-electron chi connectivity index (χ3n) is 5.61. The minimum absolute atomic E-state index is 0.293. The molecule has 1 heterocycles. The number of amides is 1. The molecule has 0 aliphatic heterocycles. The van der Waals surface area contributed by atoms with Crippen LogP contribution in [0.5, 0.6) is 0 Å². The molecule has 7 heteroatoms. The number of nitrogens with zero attached hydrogens (tertiary/aromatic N) is 2. The predicted octanol–water partition coefficient (Wildman–Crippen LogP) is 5.95. The number of carboxylic acid groups (broad SMARTS) is 1. The van der Waals surface area contributed by atoms with Crippen molar-refractivity contribution in [1.29, 1.82) is 0 Å². The number of aromatic nitrogens is 2. The number of carboxylic acids is 1. The van der Waals surface area contributed by atoms with E-state index in [0.29, 0.717) is 31.2 Å². The molecule has 0 aliphatic carbocycles. The number of benzene rings is 1. The Labute approximate surface area is 212 Å². The molecule has 2 atom stereocenters. The first-order valence-electron chi connectivity index (χ1n) is 12.1. The van der Waals surface area contributed by atoms with Crippen LogP contribution in [0.15, 0.2) is 79.2 Å². The van der Waals surface area contributed by atoms with E-state index >= 15 is 0 Å². The van der Waals surface area contributed by atoms with Gasteiger partial charge in [0.2, 0.25) is 0 Å². The highest BCUT2D eigenvalue weighted by Crippen LogP contribution is 2.14. The Morgan fingerprint density at radius 2 is 1.75 bits per heavy atom. The van der Waals surface area contributed by atoms with Gasteiger partial charge in [-0.05, 0) is 69.0 Å². The topological polar surface area (TPSA) is 92.2 Å². The average molecular weight is 492 g/mol. The van der Waals surface area contributed by atoms with Crippen LogP contribution in [0.25, 0.3) is 0 Å². The number of rotatable bonds is 11. The summed E-state index contributed by atoms with van der Waals surface area (Å²) in [5.74, 6) is -1.87. The summed E-state index contributed by atoms with van der Waals surface area (Å²) < 4.78 is 13.2. The lowest BCUT2D eigenvalue weighted by molar-refractivity contribution is -0.141. The molecule has 190 valence electrons. The first-order chi connectivity index (χ1) is 17.3. The number of aliphatic carboxylic acids is 1. The number of allylic oxidation sites excluding steroid dienone is 4. The van der Waals surface area contributed by atoms with E-state index in [4.69, 9.17) is 5.11 Å². The molecule has 36 heavy (non-hydrogen) atoms. The monoisotopic (exact) mass is 491 g/mol. The van der Waals surface area contributed by atoms with Gasteiger partial charge in [-0.2, -0.15) is 0 Å². The second-order valence-electron chi connectivity index (χ2n) is 8.47. The molecule has 2 aromatic rings. The van der Waals surface area contributed by atoms with Gasteiger partial charge in [0, 0.05) is 24.4 Å². The Hall–Kier alpha value is -3.87. The van der Waals surface area contributed by atoms with Crippen molar-refractivity contribution in [2.75, 3.05) is 0 Å². The number of hydrogen-bond acceptors (Lipinski definition) is 4. The largest absolute Gasteiger partial charge is 0.481 e. The van der Waals surface area contributed by atoms with Gasteiger partial charge in [-0.25, -0.2) is 4.39 Å². The zero-order valence-electron chi connectivity index (χ0n) is 21.0. The van der Waals surface area contributed by atoms with Gasteiger partial charge in [-0.15, -0.1) is 0 Å². The van der Waals surface area contributed by atoms with Gasteiger partial charge in [0.05, 0.1) is 23.3 Å². The fourth-order valence-electron chi connectivity index (χ4n) is 3.41. The maximum absolute atomic E-state index is 13.2. The van der Waals surface area contributed by atoms with Crippen LogP contribution in [0.4, 0.5) is 4.39 Å². The Bertz CT molecular complexity index is 1130. The van der Waals surface area contributed by atoms with Gasteiger partial charge >= 0.3 is 5.97 Å². The molecule has 1 aromatic carbocycles. The molecule has 0 fully saturated rings. The van der Waals surface area contributed by atoms with Crippen molar-refractivity contribution in [1.82, 2.24) is 15.3 Å². The smallest absolute Gasteiger partial charge is 0.306 e. The summed E-state index contributed by atoms with van der Waals surface area (Å²) >= 11 is 0. The van der Waals surface area contributed by atoms with E-state index in [9.17, 15) is 14.0 Å². The van der Waals surface area contributed by atoms with Crippen molar-refractivity contribution < 1.29 is 19.1 Å². The first kappa shape index (κ1) is 28.4. The maximum Gasteiger partial charge on any atom is 0.306 e. The van der Waals surface area contributed by atoms with E-state index in [2.05, 4.69) is 15.3 Å². The number of halogens is 1. The van der Waals surface area contributed by atoms with E-state index in [0.717, 1.165) is 17.0 Å². The average Bonchev–Trinajstić information content (AvgIpc) is 2.85. The molecule has 2 N–H and O–H groups in total. The summed E-state index contributed by atoms with van der Waals surface area (Å²) in [5, 5.41) is 12.1. The second kappa shape index (κ2) is 15.2. The lowest BCUT2D eigenvalue weighted by Gasteiger charge is -2.14. The third kappa shape index (κ3) is 9.78. The number of aryl methyl sites for hydroxylation is 1. The first-order valence-corrected chi connectivity index (χ1v) is 12.1. The van der Waals surface area contributed by atoms with Crippen LogP contribution in [0.3, 0.4) is 0 Å². The fraction of sp³-hybridized carbons (Fsp3) is 0.310. The summed E-state index contributed by atoms with van der Waals surface area (Å²) in [6.07, 6.45) is 13.3. The van der Waals surface area contributed by atoms with E-state index in [1.165, 1.54) is 12.1 Å². The van der Waals surface area contributed by atoms with Gasteiger partial charge in [0.25, 0.3) is 5.91 Å². The molecule has 2 rings (SSSR count). The van der Waals surface area contributed by atoms with Crippen LogP contribution in [-0.2, 0) is 17.6 Å². The highest BCUT2D eigenvalue weighted by molar-refractivity contribution is 5.94. The van der Waals surface area contributed by atoms with E-state index in [1.807, 2.05) is 38.2 Å². The van der Waals surface area contributed by atoms with Gasteiger partial charge in [0.1, 0.15) is 5.82 Å². The summed E-state index contributed by atoms with van der Waals surface area (Å²) in [4.78, 5) is 33.2. The van der Waals surface area contributed by atoms with Gasteiger partial charge in [0.15, 0.2) is 0 Å². The molecule has 1 aromatic heterocycles. The second-order valence-corrected chi connectivity index (χ2v) is 8.47. The Morgan fingerprint density at radius 1 is 1.03 bits per heavy atom. The van der Waals surface area contributed by atoms with Crippen LogP contribution >= 0.6 is 0 Å². The van der Waals surface area contributed by atoms with Crippen molar-refractivity contribution in [3.05, 3.63) is 107 Å². The van der Waals surface area contributed by atoms with Crippen molar-refractivity contribution >= 4 is 11.9 Å². The fourth-order valence-corrected chi connectivity index (χ4v) is 3.41. The van der Waals surface area contributed by atoms with Crippen LogP contribution < -0.4 is 5.32 Å². The van der Waals surface area contributed by atoms with Crippen molar-refractivity contribution in [2.45, 2.75) is 52.5 Å². The minimum atomic E-state index is -0.815. The molecular formula is C29H34FN3O3. The number of carbonyl (C=O) groups excluding carboxylic acids is 1. The van der Waals surface area contributed by atoms with E-state index in [1.54, 1.807) is 49.6 Å². The lowest BCUT2D eigenvalue weighted by Crippen LogP contribution is -2.26. The van der Waals surface area contributed by atoms with Crippen molar-refractivity contribution in [3.8, 4) is 0 Å². The summed E-state index contributed by atoms with van der Waals surface area (Å²) in [6, 6.07) is 10.7. The maximum atomic E-state index is 13.2. The Morgan fingerprint density at radius 3 is 2.44 bits per heavy atom. The van der Waals surface area contributed by atoms with E-state index < -0.39 is 11.9 Å². The molecule has 0 radical (unpaired) electrons. The zero-order valence-corrected chi connectivity index (χ0v) is 21.0.